The van der Waals surface area contributed by atoms with E-state index < -0.39 is 0 Å². The van der Waals surface area contributed by atoms with Crippen LogP contribution in [0.4, 0.5) is 5.13 Å². The fourth-order valence-corrected chi connectivity index (χ4v) is 5.03. The van der Waals surface area contributed by atoms with Crippen molar-refractivity contribution >= 4 is 33.3 Å². The average Bonchev–Trinajstić information content (AvgIpc) is 3.40. The highest BCUT2D eigenvalue weighted by atomic mass is 32.1. The van der Waals surface area contributed by atoms with Crippen molar-refractivity contribution in [3.63, 3.8) is 0 Å². The molecule has 140 valence electrons. The monoisotopic (exact) mass is 381 g/mol. The van der Waals surface area contributed by atoms with Crippen molar-refractivity contribution in [2.75, 3.05) is 38.0 Å². The maximum atomic E-state index is 12.5. The lowest BCUT2D eigenvalue weighted by molar-refractivity contribution is -0.117. The number of rotatable bonds is 4. The quantitative estimate of drug-likeness (QED) is 0.729. The van der Waals surface area contributed by atoms with Gasteiger partial charge in [-0.1, -0.05) is 18.2 Å². The standard InChI is InChI=1S/C20H23N5OS/c26-19(12-24-8-9-25-7-3-4-14(25)11-24)23-20-22-18(13-27-20)16-10-21-17-6-2-1-5-15(16)17/h1-2,5-6,10,13-14,21H,3-4,7-9,11-12H2,(H,22,23,26). The first-order valence-electron chi connectivity index (χ1n) is 9.54. The third kappa shape index (κ3) is 3.38. The number of para-hydroxylation sites is 1. The van der Waals surface area contributed by atoms with Gasteiger partial charge in [0.05, 0.1) is 12.2 Å². The topological polar surface area (TPSA) is 64.3 Å². The van der Waals surface area contributed by atoms with Crippen LogP contribution in [0.1, 0.15) is 12.8 Å². The summed E-state index contributed by atoms with van der Waals surface area (Å²) < 4.78 is 0. The second-order valence-electron chi connectivity index (χ2n) is 7.40. The van der Waals surface area contributed by atoms with Crippen molar-refractivity contribution in [3.8, 4) is 11.3 Å². The molecule has 1 aromatic carbocycles. The van der Waals surface area contributed by atoms with Crippen molar-refractivity contribution in [1.82, 2.24) is 19.8 Å². The molecule has 2 aromatic heterocycles. The molecule has 0 spiro atoms. The van der Waals surface area contributed by atoms with E-state index in [0.29, 0.717) is 17.7 Å². The third-order valence-electron chi connectivity index (χ3n) is 5.65. The molecule has 0 radical (unpaired) electrons. The number of carbonyl (C=O) groups excluding carboxylic acids is 1. The number of fused-ring (bicyclic) bond motifs is 2. The second kappa shape index (κ2) is 7.07. The highest BCUT2D eigenvalue weighted by Crippen LogP contribution is 2.31. The van der Waals surface area contributed by atoms with Gasteiger partial charge in [0.1, 0.15) is 0 Å². The molecule has 5 rings (SSSR count). The molecule has 1 amide bonds. The van der Waals surface area contributed by atoms with Crippen LogP contribution < -0.4 is 5.32 Å². The summed E-state index contributed by atoms with van der Waals surface area (Å²) in [7, 11) is 0. The zero-order chi connectivity index (χ0) is 18.2. The number of aromatic nitrogens is 2. The Morgan fingerprint density at radius 1 is 1.30 bits per heavy atom. The predicted octanol–water partition coefficient (Wildman–Crippen LogP) is 3.01. The van der Waals surface area contributed by atoms with Gasteiger partial charge in [0.25, 0.3) is 0 Å². The van der Waals surface area contributed by atoms with E-state index in [0.717, 1.165) is 41.8 Å². The van der Waals surface area contributed by atoms with E-state index in [2.05, 4.69) is 37.2 Å². The van der Waals surface area contributed by atoms with Crippen LogP contribution in [0, 0.1) is 0 Å². The van der Waals surface area contributed by atoms with Crippen molar-refractivity contribution in [2.45, 2.75) is 18.9 Å². The summed E-state index contributed by atoms with van der Waals surface area (Å²) in [5, 5.41) is 6.80. The molecule has 2 aliphatic rings. The second-order valence-corrected chi connectivity index (χ2v) is 8.26. The van der Waals surface area contributed by atoms with Crippen LogP contribution in [0.5, 0.6) is 0 Å². The van der Waals surface area contributed by atoms with E-state index in [1.807, 2.05) is 23.7 Å². The Morgan fingerprint density at radius 2 is 2.22 bits per heavy atom. The van der Waals surface area contributed by atoms with Crippen molar-refractivity contribution < 1.29 is 4.79 Å². The van der Waals surface area contributed by atoms with Gasteiger partial charge in [-0.15, -0.1) is 11.3 Å². The van der Waals surface area contributed by atoms with Gasteiger partial charge in [-0.05, 0) is 25.5 Å². The minimum atomic E-state index is 0.0290. The number of thiazole rings is 1. The predicted molar refractivity (Wildman–Crippen MR) is 109 cm³/mol. The molecule has 27 heavy (non-hydrogen) atoms. The van der Waals surface area contributed by atoms with Crippen LogP contribution in [0.25, 0.3) is 22.2 Å². The fourth-order valence-electron chi connectivity index (χ4n) is 4.30. The summed E-state index contributed by atoms with van der Waals surface area (Å²) in [6.07, 6.45) is 4.53. The molecule has 2 aliphatic heterocycles. The number of benzene rings is 1. The highest BCUT2D eigenvalue weighted by molar-refractivity contribution is 7.14. The van der Waals surface area contributed by atoms with Crippen molar-refractivity contribution in [3.05, 3.63) is 35.8 Å². The fraction of sp³-hybridized carbons (Fsp3) is 0.400. The maximum Gasteiger partial charge on any atom is 0.240 e. The molecule has 0 saturated carbocycles. The Morgan fingerprint density at radius 3 is 3.19 bits per heavy atom. The number of nitrogens with zero attached hydrogens (tertiary/aromatic N) is 3. The van der Waals surface area contributed by atoms with Crippen LogP contribution in [0.2, 0.25) is 0 Å². The first-order chi connectivity index (χ1) is 13.3. The largest absolute Gasteiger partial charge is 0.360 e. The lowest BCUT2D eigenvalue weighted by atomic mass is 10.1. The minimum absolute atomic E-state index is 0.0290. The van der Waals surface area contributed by atoms with Crippen LogP contribution in [0.3, 0.4) is 0 Å². The van der Waals surface area contributed by atoms with Gasteiger partial charge in [-0.2, -0.15) is 0 Å². The Balaban J connectivity index is 1.23. The van der Waals surface area contributed by atoms with Crippen molar-refractivity contribution in [2.24, 2.45) is 0 Å². The van der Waals surface area contributed by atoms with Crippen LogP contribution >= 0.6 is 11.3 Å². The smallest absolute Gasteiger partial charge is 0.240 e. The summed E-state index contributed by atoms with van der Waals surface area (Å²) in [6, 6.07) is 8.82. The van der Waals surface area contributed by atoms with Gasteiger partial charge in [0, 0.05) is 53.7 Å². The number of hydrogen-bond acceptors (Lipinski definition) is 5. The highest BCUT2D eigenvalue weighted by Gasteiger charge is 2.31. The minimum Gasteiger partial charge on any atom is -0.360 e. The summed E-state index contributed by atoms with van der Waals surface area (Å²) in [4.78, 5) is 25.2. The van der Waals surface area contributed by atoms with Gasteiger partial charge in [-0.25, -0.2) is 4.98 Å². The molecule has 1 unspecified atom stereocenters. The zero-order valence-corrected chi connectivity index (χ0v) is 16.0. The van der Waals surface area contributed by atoms with E-state index >= 15 is 0 Å². The lowest BCUT2D eigenvalue weighted by Gasteiger charge is -2.36. The molecular formula is C20H23N5OS. The lowest BCUT2D eigenvalue weighted by Crippen LogP contribution is -2.51. The molecule has 6 nitrogen and oxygen atoms in total. The normalized spacial score (nSPS) is 20.8. The molecule has 2 N–H and O–H groups in total. The molecule has 1 atom stereocenters. The van der Waals surface area contributed by atoms with E-state index in [4.69, 9.17) is 0 Å². The summed E-state index contributed by atoms with van der Waals surface area (Å²) in [5.74, 6) is 0.0290. The Kier molecular flexibility index (Phi) is 4.43. The average molecular weight is 382 g/mol. The molecule has 0 bridgehead atoms. The van der Waals surface area contributed by atoms with Gasteiger partial charge in [-0.3, -0.25) is 14.6 Å². The Hall–Kier alpha value is -2.22. The van der Waals surface area contributed by atoms with E-state index in [1.165, 1.54) is 30.7 Å². The van der Waals surface area contributed by atoms with Gasteiger partial charge in [0.2, 0.25) is 5.91 Å². The summed E-state index contributed by atoms with van der Waals surface area (Å²) in [6.45, 7) is 4.74. The molecular weight excluding hydrogens is 358 g/mol. The zero-order valence-electron chi connectivity index (χ0n) is 15.1. The number of hydrogen-bond donors (Lipinski definition) is 2. The van der Waals surface area contributed by atoms with Gasteiger partial charge in [0.15, 0.2) is 5.13 Å². The number of carbonyl (C=O) groups is 1. The number of aromatic amines is 1. The first-order valence-corrected chi connectivity index (χ1v) is 10.4. The number of piperazine rings is 1. The van der Waals surface area contributed by atoms with E-state index in [-0.39, 0.29) is 5.91 Å². The summed E-state index contributed by atoms with van der Waals surface area (Å²) >= 11 is 1.48. The molecule has 4 heterocycles. The Labute approximate surface area is 162 Å². The van der Waals surface area contributed by atoms with Crippen LogP contribution in [0.15, 0.2) is 35.8 Å². The van der Waals surface area contributed by atoms with E-state index in [1.54, 1.807) is 0 Å². The molecule has 2 saturated heterocycles. The number of H-pyrrole nitrogens is 1. The van der Waals surface area contributed by atoms with Crippen LogP contribution in [-0.4, -0.2) is 64.4 Å². The molecule has 0 aliphatic carbocycles. The third-order valence-corrected chi connectivity index (χ3v) is 6.41. The first kappa shape index (κ1) is 16.9. The van der Waals surface area contributed by atoms with Gasteiger partial charge < -0.3 is 10.3 Å². The van der Waals surface area contributed by atoms with E-state index in [9.17, 15) is 4.79 Å². The maximum absolute atomic E-state index is 12.5. The SMILES string of the molecule is O=C(CN1CCN2CCCC2C1)Nc1nc(-c2c[nH]c3ccccc23)cs1. The summed E-state index contributed by atoms with van der Waals surface area (Å²) in [5.41, 5.74) is 3.06. The number of amides is 1. The van der Waals surface area contributed by atoms with Crippen molar-refractivity contribution in [1.29, 1.82) is 0 Å². The van der Waals surface area contributed by atoms with Crippen LogP contribution in [-0.2, 0) is 4.79 Å². The number of nitrogens with one attached hydrogen (secondary N) is 2. The Bertz CT molecular complexity index is 964. The molecule has 7 heteroatoms. The van der Waals surface area contributed by atoms with Gasteiger partial charge >= 0.3 is 0 Å². The molecule has 3 aromatic rings. The number of anilines is 1. The molecule has 2 fully saturated rings.